The van der Waals surface area contributed by atoms with E-state index in [1.54, 1.807) is 0 Å². The maximum atomic E-state index is 6.25. The first-order valence-corrected chi connectivity index (χ1v) is 17.1. The molecule has 0 N–H and O–H groups in total. The lowest BCUT2D eigenvalue weighted by molar-refractivity contribution is 0.277. The van der Waals surface area contributed by atoms with E-state index in [9.17, 15) is 0 Å². The highest BCUT2D eigenvalue weighted by Crippen LogP contribution is 2.36. The predicted octanol–water partition coefficient (Wildman–Crippen LogP) is 8.41. The summed E-state index contributed by atoms with van der Waals surface area (Å²) in [7, 11) is -2.47. The summed E-state index contributed by atoms with van der Waals surface area (Å²) in [4.78, 5) is 0. The Labute approximate surface area is 162 Å². The number of allylic oxidation sites excluding steroid dienone is 1. The fourth-order valence-corrected chi connectivity index (χ4v) is 6.26. The molecular formula is C22H48OSi2. The van der Waals surface area contributed by atoms with Crippen LogP contribution in [0.15, 0.2) is 12.7 Å². The van der Waals surface area contributed by atoms with Crippen LogP contribution in [0.2, 0.25) is 43.3 Å². The van der Waals surface area contributed by atoms with Gasteiger partial charge in [0, 0.05) is 6.61 Å². The van der Waals surface area contributed by atoms with Crippen molar-refractivity contribution < 1.29 is 4.43 Å². The van der Waals surface area contributed by atoms with Crippen LogP contribution in [-0.4, -0.2) is 23.0 Å². The zero-order chi connectivity index (χ0) is 19.4. The van der Waals surface area contributed by atoms with Crippen LogP contribution in [0.1, 0.15) is 78.6 Å². The molecule has 0 atom stereocenters. The molecule has 25 heavy (non-hydrogen) atoms. The van der Waals surface area contributed by atoms with Gasteiger partial charge in [0.2, 0.25) is 0 Å². The minimum absolute atomic E-state index is 0.344. The van der Waals surface area contributed by atoms with Crippen molar-refractivity contribution in [3.8, 4) is 0 Å². The van der Waals surface area contributed by atoms with Gasteiger partial charge < -0.3 is 4.43 Å². The van der Waals surface area contributed by atoms with Crippen molar-refractivity contribution >= 4 is 16.4 Å². The second-order valence-corrected chi connectivity index (χ2v) is 20.2. The van der Waals surface area contributed by atoms with Crippen molar-refractivity contribution in [1.82, 2.24) is 0 Å². The first kappa shape index (κ1) is 25.1. The van der Waals surface area contributed by atoms with Gasteiger partial charge in [0.15, 0.2) is 8.32 Å². The summed E-state index contributed by atoms with van der Waals surface area (Å²) in [5.74, 6) is 0. The quantitative estimate of drug-likeness (QED) is 0.156. The summed E-state index contributed by atoms with van der Waals surface area (Å²) in [6.45, 7) is 21.6. The number of unbranched alkanes of at least 4 members (excludes halogenated alkanes) is 8. The smallest absolute Gasteiger partial charge is 0.191 e. The third-order valence-electron chi connectivity index (χ3n) is 5.96. The summed E-state index contributed by atoms with van der Waals surface area (Å²) in [5, 5.41) is 0.344. The first-order chi connectivity index (χ1) is 11.5. The Hall–Kier alpha value is 0.134. The highest BCUT2D eigenvalue weighted by atomic mass is 28.4. The number of hydrogen-bond acceptors (Lipinski definition) is 1. The molecule has 0 saturated carbocycles. The van der Waals surface area contributed by atoms with Crippen molar-refractivity contribution in [3.05, 3.63) is 12.7 Å². The second-order valence-electron chi connectivity index (χ2n) is 10.2. The highest BCUT2D eigenvalue weighted by molar-refractivity contribution is 6.77. The van der Waals surface area contributed by atoms with Gasteiger partial charge in [-0.25, -0.2) is 0 Å². The van der Waals surface area contributed by atoms with Gasteiger partial charge >= 0.3 is 0 Å². The summed E-state index contributed by atoms with van der Waals surface area (Å²) in [6.07, 6.45) is 14.7. The van der Waals surface area contributed by atoms with Crippen LogP contribution in [0.4, 0.5) is 0 Å². The Kier molecular flexibility index (Phi) is 12.6. The molecule has 0 spiro atoms. The average molecular weight is 385 g/mol. The SMILES string of the molecule is C=CC[Si](C)(C)CCCCCCCCCCCO[Si](C)(C)C(C)(C)C. The monoisotopic (exact) mass is 384 g/mol. The molecule has 1 nitrogen and oxygen atoms in total. The van der Waals surface area contributed by atoms with E-state index < -0.39 is 16.4 Å². The van der Waals surface area contributed by atoms with Crippen molar-refractivity contribution in [1.29, 1.82) is 0 Å². The van der Waals surface area contributed by atoms with Gasteiger partial charge in [0.1, 0.15) is 0 Å². The van der Waals surface area contributed by atoms with Crippen LogP contribution in [0.25, 0.3) is 0 Å². The zero-order valence-corrected chi connectivity index (χ0v) is 20.7. The summed E-state index contributed by atoms with van der Waals surface area (Å²) >= 11 is 0. The molecule has 0 aromatic carbocycles. The molecule has 0 aromatic heterocycles. The van der Waals surface area contributed by atoms with Crippen LogP contribution in [-0.2, 0) is 4.43 Å². The van der Waals surface area contributed by atoms with E-state index in [1.165, 1.54) is 69.9 Å². The van der Waals surface area contributed by atoms with E-state index in [0.29, 0.717) is 5.04 Å². The van der Waals surface area contributed by atoms with Crippen LogP contribution >= 0.6 is 0 Å². The molecule has 0 fully saturated rings. The Balaban J connectivity index is 3.42. The Bertz CT molecular complexity index is 342. The highest BCUT2D eigenvalue weighted by Gasteiger charge is 2.36. The number of rotatable bonds is 15. The van der Waals surface area contributed by atoms with E-state index >= 15 is 0 Å². The molecular weight excluding hydrogens is 336 g/mol. The van der Waals surface area contributed by atoms with E-state index in [-0.39, 0.29) is 0 Å². The zero-order valence-electron chi connectivity index (χ0n) is 18.7. The average Bonchev–Trinajstić information content (AvgIpc) is 2.47. The molecule has 0 aliphatic heterocycles. The molecule has 0 saturated heterocycles. The summed E-state index contributed by atoms with van der Waals surface area (Å²) < 4.78 is 6.25. The molecule has 0 radical (unpaired) electrons. The van der Waals surface area contributed by atoms with Gasteiger partial charge in [-0.15, -0.1) is 6.58 Å². The topological polar surface area (TPSA) is 9.23 Å². The van der Waals surface area contributed by atoms with Gasteiger partial charge in [0.25, 0.3) is 0 Å². The predicted molar refractivity (Wildman–Crippen MR) is 122 cm³/mol. The maximum absolute atomic E-state index is 6.25. The molecule has 0 unspecified atom stereocenters. The van der Waals surface area contributed by atoms with E-state index in [1.807, 2.05) is 0 Å². The molecule has 0 aliphatic rings. The number of hydrogen-bond donors (Lipinski definition) is 0. The van der Waals surface area contributed by atoms with Gasteiger partial charge in [0.05, 0.1) is 8.07 Å². The van der Waals surface area contributed by atoms with Crippen LogP contribution in [0.3, 0.4) is 0 Å². The summed E-state index contributed by atoms with van der Waals surface area (Å²) in [5.41, 5.74) is 0. The maximum Gasteiger partial charge on any atom is 0.191 e. The molecule has 0 rings (SSSR count). The molecule has 0 aromatic rings. The Morgan fingerprint density at radius 3 is 1.64 bits per heavy atom. The van der Waals surface area contributed by atoms with E-state index in [2.05, 4.69) is 59.6 Å². The molecule has 0 bridgehead atoms. The second kappa shape index (κ2) is 12.5. The van der Waals surface area contributed by atoms with Crippen molar-refractivity contribution in [2.45, 2.75) is 122 Å². The lowest BCUT2D eigenvalue weighted by atomic mass is 10.1. The standard InChI is InChI=1S/C22H48OSi2/c1-9-20-24(5,6)21-18-16-14-12-10-11-13-15-17-19-23-25(7,8)22(2,3)4/h9H,1,10-21H2,2-8H3. The molecule has 0 amide bonds. The van der Waals surface area contributed by atoms with Crippen LogP contribution < -0.4 is 0 Å². The minimum atomic E-state index is -1.52. The van der Waals surface area contributed by atoms with E-state index in [0.717, 1.165) is 6.61 Å². The molecule has 3 heteroatoms. The first-order valence-electron chi connectivity index (χ1n) is 10.8. The van der Waals surface area contributed by atoms with E-state index in [4.69, 9.17) is 4.43 Å². The Morgan fingerprint density at radius 2 is 1.20 bits per heavy atom. The van der Waals surface area contributed by atoms with Crippen molar-refractivity contribution in [2.75, 3.05) is 6.61 Å². The van der Waals surface area contributed by atoms with Crippen molar-refractivity contribution in [3.63, 3.8) is 0 Å². The molecule has 0 aliphatic carbocycles. The summed E-state index contributed by atoms with van der Waals surface area (Å²) in [6, 6.07) is 2.76. The third-order valence-corrected chi connectivity index (χ3v) is 13.6. The fraction of sp³-hybridized carbons (Fsp3) is 0.909. The van der Waals surface area contributed by atoms with Gasteiger partial charge in [-0.3, -0.25) is 0 Å². The largest absolute Gasteiger partial charge is 0.417 e. The normalized spacial score (nSPS) is 13.2. The van der Waals surface area contributed by atoms with Gasteiger partial charge in [-0.05, 0) is 30.6 Å². The van der Waals surface area contributed by atoms with Gasteiger partial charge in [-0.1, -0.05) is 97.4 Å². The van der Waals surface area contributed by atoms with Crippen LogP contribution in [0.5, 0.6) is 0 Å². The molecule has 0 heterocycles. The Morgan fingerprint density at radius 1 is 0.760 bits per heavy atom. The van der Waals surface area contributed by atoms with Gasteiger partial charge in [-0.2, -0.15) is 0 Å². The van der Waals surface area contributed by atoms with Crippen LogP contribution in [0, 0.1) is 0 Å². The third kappa shape index (κ3) is 13.0. The molecule has 150 valence electrons. The lowest BCUT2D eigenvalue weighted by Gasteiger charge is -2.36. The fourth-order valence-electron chi connectivity index (χ4n) is 2.98. The lowest BCUT2D eigenvalue weighted by Crippen LogP contribution is -2.40. The van der Waals surface area contributed by atoms with Crippen molar-refractivity contribution in [2.24, 2.45) is 0 Å². The minimum Gasteiger partial charge on any atom is -0.417 e.